The van der Waals surface area contributed by atoms with Crippen LogP contribution in [-0.2, 0) is 0 Å². The molecule has 22 heavy (non-hydrogen) atoms. The van der Waals surface area contributed by atoms with Crippen LogP contribution in [0.1, 0.15) is 11.7 Å². The van der Waals surface area contributed by atoms with Crippen molar-refractivity contribution in [3.8, 4) is 0 Å². The number of aliphatic hydroxyl groups is 1. The second-order valence-electron chi connectivity index (χ2n) is 4.33. The van der Waals surface area contributed by atoms with Gasteiger partial charge in [-0.1, -0.05) is 11.6 Å². The number of aliphatic hydroxyl groups excluding tert-OH is 1. The Balaban J connectivity index is 1.89. The fraction of sp³-hybridized carbons (Fsp3) is 0.154. The molecule has 0 saturated heterocycles. The van der Waals surface area contributed by atoms with Crippen LogP contribution in [-0.4, -0.2) is 22.6 Å². The van der Waals surface area contributed by atoms with E-state index in [1.54, 1.807) is 11.4 Å². The van der Waals surface area contributed by atoms with Gasteiger partial charge in [0.2, 0.25) is 0 Å². The zero-order chi connectivity index (χ0) is 16.1. The molecule has 0 aliphatic carbocycles. The molecule has 0 spiro atoms. The number of nitro benzene ring substituents is 1. The normalized spacial score (nSPS) is 11.7. The molecule has 0 radical (unpaired) electrons. The molecule has 3 N–H and O–H groups in total. The topological polar surface area (TPSA) is 104 Å². The summed E-state index contributed by atoms with van der Waals surface area (Å²) < 4.78 is 0. The maximum atomic E-state index is 11.7. The quantitative estimate of drug-likeness (QED) is 0.573. The number of thiophene rings is 1. The number of rotatable bonds is 5. The van der Waals surface area contributed by atoms with Crippen molar-refractivity contribution in [2.24, 2.45) is 0 Å². The van der Waals surface area contributed by atoms with Gasteiger partial charge in [-0.3, -0.25) is 10.1 Å². The highest BCUT2D eigenvalue weighted by Gasteiger charge is 2.14. The number of nitrogens with one attached hydrogen (secondary N) is 2. The molecule has 2 aromatic rings. The SMILES string of the molecule is O=C(NC[C@H](O)c1ccsc1)Nc1ccc([N+](=O)[O-])c(Cl)c1. The Morgan fingerprint density at radius 2 is 2.23 bits per heavy atom. The van der Waals surface area contributed by atoms with E-state index in [0.29, 0.717) is 5.69 Å². The zero-order valence-corrected chi connectivity index (χ0v) is 12.7. The number of carbonyl (C=O) groups is 1. The van der Waals surface area contributed by atoms with Gasteiger partial charge >= 0.3 is 6.03 Å². The van der Waals surface area contributed by atoms with Gasteiger partial charge in [-0.2, -0.15) is 11.3 Å². The lowest BCUT2D eigenvalue weighted by Crippen LogP contribution is -2.32. The van der Waals surface area contributed by atoms with Gasteiger partial charge in [0.25, 0.3) is 5.69 Å². The average molecular weight is 342 g/mol. The van der Waals surface area contributed by atoms with Crippen molar-refractivity contribution in [3.05, 3.63) is 55.7 Å². The maximum absolute atomic E-state index is 11.7. The Kier molecular flexibility index (Phi) is 5.31. The molecule has 0 aliphatic rings. The summed E-state index contributed by atoms with van der Waals surface area (Å²) in [6.45, 7) is 0.0449. The average Bonchev–Trinajstić information content (AvgIpc) is 2.98. The van der Waals surface area contributed by atoms with Crippen molar-refractivity contribution in [1.82, 2.24) is 5.32 Å². The Morgan fingerprint density at radius 3 is 2.82 bits per heavy atom. The summed E-state index contributed by atoms with van der Waals surface area (Å²) >= 11 is 7.20. The number of hydrogen-bond acceptors (Lipinski definition) is 5. The summed E-state index contributed by atoms with van der Waals surface area (Å²) in [5.41, 5.74) is 0.808. The Labute approximate surface area is 134 Å². The van der Waals surface area contributed by atoms with Gasteiger partial charge in [0.05, 0.1) is 11.0 Å². The molecule has 1 atom stereocenters. The highest BCUT2D eigenvalue weighted by atomic mass is 35.5. The largest absolute Gasteiger partial charge is 0.387 e. The van der Waals surface area contributed by atoms with Crippen LogP contribution < -0.4 is 10.6 Å². The van der Waals surface area contributed by atoms with E-state index in [1.807, 2.05) is 5.38 Å². The molecule has 2 rings (SSSR count). The molecule has 1 heterocycles. The molecule has 116 valence electrons. The van der Waals surface area contributed by atoms with Crippen LogP contribution in [0.5, 0.6) is 0 Å². The van der Waals surface area contributed by atoms with Crippen molar-refractivity contribution >= 4 is 40.3 Å². The number of carbonyl (C=O) groups excluding carboxylic acids is 1. The van der Waals surface area contributed by atoms with Crippen molar-refractivity contribution in [2.45, 2.75) is 6.10 Å². The van der Waals surface area contributed by atoms with Crippen LogP contribution in [0.3, 0.4) is 0 Å². The molecule has 0 unspecified atom stereocenters. The Bertz CT molecular complexity index is 678. The number of urea groups is 1. The van der Waals surface area contributed by atoms with Gasteiger partial charge in [-0.15, -0.1) is 0 Å². The van der Waals surface area contributed by atoms with Gasteiger partial charge in [0, 0.05) is 18.3 Å². The summed E-state index contributed by atoms with van der Waals surface area (Å²) in [4.78, 5) is 21.7. The third kappa shape index (κ3) is 4.17. The maximum Gasteiger partial charge on any atom is 0.319 e. The van der Waals surface area contributed by atoms with Crippen LogP contribution in [0.15, 0.2) is 35.0 Å². The number of halogens is 1. The molecule has 0 bridgehead atoms. The van der Waals surface area contributed by atoms with Crippen LogP contribution in [0.4, 0.5) is 16.2 Å². The smallest absolute Gasteiger partial charge is 0.319 e. The summed E-state index contributed by atoms with van der Waals surface area (Å²) in [5.74, 6) is 0. The van der Waals surface area contributed by atoms with Gasteiger partial charge in [0.15, 0.2) is 0 Å². The fourth-order valence-electron chi connectivity index (χ4n) is 1.68. The van der Waals surface area contributed by atoms with Crippen molar-refractivity contribution < 1.29 is 14.8 Å². The van der Waals surface area contributed by atoms with E-state index < -0.39 is 17.1 Å². The second-order valence-corrected chi connectivity index (χ2v) is 5.52. The van der Waals surface area contributed by atoms with E-state index in [1.165, 1.54) is 29.5 Å². The van der Waals surface area contributed by atoms with Crippen molar-refractivity contribution in [2.75, 3.05) is 11.9 Å². The van der Waals surface area contributed by atoms with Crippen LogP contribution in [0.2, 0.25) is 5.02 Å². The number of nitrogens with zero attached hydrogens (tertiary/aromatic N) is 1. The minimum atomic E-state index is -0.794. The number of benzene rings is 1. The molecular weight excluding hydrogens is 330 g/mol. The van der Waals surface area contributed by atoms with E-state index in [2.05, 4.69) is 10.6 Å². The van der Waals surface area contributed by atoms with Gasteiger partial charge in [0.1, 0.15) is 5.02 Å². The first-order valence-corrected chi connectivity index (χ1v) is 7.48. The first-order chi connectivity index (χ1) is 10.5. The van der Waals surface area contributed by atoms with E-state index in [-0.39, 0.29) is 17.3 Å². The van der Waals surface area contributed by atoms with Crippen LogP contribution in [0, 0.1) is 10.1 Å². The monoisotopic (exact) mass is 341 g/mol. The van der Waals surface area contributed by atoms with Crippen LogP contribution >= 0.6 is 22.9 Å². The lowest BCUT2D eigenvalue weighted by Gasteiger charge is -2.11. The Hall–Kier alpha value is -2.16. The van der Waals surface area contributed by atoms with E-state index in [9.17, 15) is 20.0 Å². The lowest BCUT2D eigenvalue weighted by atomic mass is 10.2. The third-order valence-corrected chi connectivity index (χ3v) is 3.79. The fourth-order valence-corrected chi connectivity index (χ4v) is 2.64. The predicted octanol–water partition coefficient (Wildman–Crippen LogP) is 3.16. The van der Waals surface area contributed by atoms with E-state index in [4.69, 9.17) is 11.6 Å². The highest BCUT2D eigenvalue weighted by Crippen LogP contribution is 2.27. The second kappa shape index (κ2) is 7.21. The van der Waals surface area contributed by atoms with Crippen molar-refractivity contribution in [1.29, 1.82) is 0 Å². The van der Waals surface area contributed by atoms with Gasteiger partial charge < -0.3 is 15.7 Å². The molecule has 1 aromatic heterocycles. The lowest BCUT2D eigenvalue weighted by molar-refractivity contribution is -0.384. The molecule has 9 heteroatoms. The molecule has 0 fully saturated rings. The van der Waals surface area contributed by atoms with Crippen LogP contribution in [0.25, 0.3) is 0 Å². The summed E-state index contributed by atoms with van der Waals surface area (Å²) in [6.07, 6.45) is -0.794. The first-order valence-electron chi connectivity index (χ1n) is 6.16. The highest BCUT2D eigenvalue weighted by molar-refractivity contribution is 7.07. The number of anilines is 1. The predicted molar refractivity (Wildman–Crippen MR) is 84.4 cm³/mol. The summed E-state index contributed by atoms with van der Waals surface area (Å²) in [6, 6.07) is 5.09. The minimum absolute atomic E-state index is 0.0449. The molecule has 7 nitrogen and oxygen atoms in total. The standard InChI is InChI=1S/C13H12ClN3O4S/c14-10-5-9(1-2-11(10)17(20)21)16-13(19)15-6-12(18)8-3-4-22-7-8/h1-5,7,12,18H,6H2,(H2,15,16,19)/t12-/m0/s1. The first kappa shape index (κ1) is 16.2. The molecule has 1 aromatic carbocycles. The van der Waals surface area contributed by atoms with Gasteiger partial charge in [-0.25, -0.2) is 4.79 Å². The minimum Gasteiger partial charge on any atom is -0.387 e. The molecule has 0 aliphatic heterocycles. The van der Waals surface area contributed by atoms with E-state index >= 15 is 0 Å². The molecular formula is C13H12ClN3O4S. The summed E-state index contributed by atoms with van der Waals surface area (Å²) in [5, 5.41) is 29.0. The Morgan fingerprint density at radius 1 is 1.45 bits per heavy atom. The summed E-state index contributed by atoms with van der Waals surface area (Å²) in [7, 11) is 0. The number of nitro groups is 1. The van der Waals surface area contributed by atoms with Crippen molar-refractivity contribution in [3.63, 3.8) is 0 Å². The number of hydrogen-bond donors (Lipinski definition) is 3. The van der Waals surface area contributed by atoms with Gasteiger partial charge in [-0.05, 0) is 34.5 Å². The molecule has 2 amide bonds. The molecule has 0 saturated carbocycles. The third-order valence-electron chi connectivity index (χ3n) is 2.79. The zero-order valence-electron chi connectivity index (χ0n) is 11.2. The van der Waals surface area contributed by atoms with E-state index in [0.717, 1.165) is 5.56 Å². The number of amides is 2.